The number of rotatable bonds is 10. The fourth-order valence-corrected chi connectivity index (χ4v) is 3.74. The lowest BCUT2D eigenvalue weighted by molar-refractivity contribution is 0.0524. The van der Waals surface area contributed by atoms with Gasteiger partial charge in [0, 0.05) is 22.5 Å². The summed E-state index contributed by atoms with van der Waals surface area (Å²) in [5.41, 5.74) is 4.62. The van der Waals surface area contributed by atoms with Gasteiger partial charge in [-0.2, -0.15) is 0 Å². The highest BCUT2D eigenvalue weighted by atomic mass is 32.1. The molecule has 0 spiro atoms. The van der Waals surface area contributed by atoms with Crippen LogP contribution in [0.2, 0.25) is 0 Å². The van der Waals surface area contributed by atoms with E-state index in [0.717, 1.165) is 16.3 Å². The number of nitrogens with one attached hydrogen (secondary N) is 3. The third-order valence-electron chi connectivity index (χ3n) is 4.71. The van der Waals surface area contributed by atoms with Gasteiger partial charge in [-0.3, -0.25) is 9.78 Å². The molecule has 3 N–H and O–H groups in total. The monoisotopic (exact) mass is 442 g/mol. The van der Waals surface area contributed by atoms with Gasteiger partial charge in [0.15, 0.2) is 0 Å². The Balaban J connectivity index is 1.84. The van der Waals surface area contributed by atoms with E-state index >= 15 is 0 Å². The number of thiazole rings is 1. The van der Waals surface area contributed by atoms with Crippen LogP contribution in [0, 0.1) is 0 Å². The highest BCUT2D eigenvalue weighted by Gasteiger charge is 2.26. The molecule has 3 aromatic rings. The van der Waals surface area contributed by atoms with Crippen molar-refractivity contribution in [1.82, 2.24) is 15.3 Å². The predicted octanol–water partition coefficient (Wildman–Crippen LogP) is 3.76. The molecule has 1 amide bonds. The molecule has 2 heterocycles. The molecule has 0 aliphatic heterocycles. The number of hydrogen-bond donors (Lipinski definition) is 3. The number of carbonyl (C=O) groups excluding carboxylic acids is 2. The molecule has 3 rings (SSSR count). The van der Waals surface area contributed by atoms with Gasteiger partial charge >= 0.3 is 5.97 Å². The highest BCUT2D eigenvalue weighted by molar-refractivity contribution is 7.09. The second-order valence-electron chi connectivity index (χ2n) is 6.64. The minimum absolute atomic E-state index is 0.255. The molecule has 31 heavy (non-hydrogen) atoms. The number of H-pyrrole nitrogens is 1. The Hall–Kier alpha value is -3.33. The summed E-state index contributed by atoms with van der Waals surface area (Å²) in [6.45, 7) is 4.63. The summed E-state index contributed by atoms with van der Waals surface area (Å²) < 4.78 is 10.4. The Morgan fingerprint density at radius 1 is 1.16 bits per heavy atom. The van der Waals surface area contributed by atoms with Crippen molar-refractivity contribution in [3.63, 3.8) is 0 Å². The van der Waals surface area contributed by atoms with E-state index in [4.69, 9.17) is 9.47 Å². The number of aromatic nitrogens is 2. The quantitative estimate of drug-likeness (QED) is 0.413. The van der Waals surface area contributed by atoms with E-state index in [9.17, 15) is 9.59 Å². The number of amides is 1. The van der Waals surface area contributed by atoms with Gasteiger partial charge in [0.1, 0.15) is 11.4 Å². The first-order valence-corrected chi connectivity index (χ1v) is 10.9. The molecule has 8 nitrogen and oxygen atoms in total. The molecule has 0 aliphatic carbocycles. The van der Waals surface area contributed by atoms with Gasteiger partial charge in [-0.05, 0) is 43.2 Å². The van der Waals surface area contributed by atoms with E-state index in [1.54, 1.807) is 25.7 Å². The van der Waals surface area contributed by atoms with Gasteiger partial charge < -0.3 is 25.1 Å². The molecule has 0 radical (unpaired) electrons. The van der Waals surface area contributed by atoms with Crippen molar-refractivity contribution in [1.29, 1.82) is 0 Å². The molecule has 0 aliphatic rings. The van der Waals surface area contributed by atoms with Crippen LogP contribution in [0.25, 0.3) is 0 Å². The van der Waals surface area contributed by atoms with E-state index < -0.39 is 5.97 Å². The summed E-state index contributed by atoms with van der Waals surface area (Å²) in [7, 11) is 1.61. The smallest absolute Gasteiger partial charge is 0.340 e. The average Bonchev–Trinajstić information content (AvgIpc) is 3.44. The Bertz CT molecular complexity index is 1010. The fraction of sp³-hybridized carbons (Fsp3) is 0.318. The molecule has 0 saturated heterocycles. The van der Waals surface area contributed by atoms with Gasteiger partial charge in [-0.15, -0.1) is 11.3 Å². The third kappa shape index (κ3) is 5.43. The molecule has 1 aromatic carbocycles. The number of anilines is 1. The Labute approximate surface area is 185 Å². The van der Waals surface area contributed by atoms with E-state index in [-0.39, 0.29) is 12.5 Å². The summed E-state index contributed by atoms with van der Waals surface area (Å²) in [6.07, 6.45) is 2.23. The summed E-state index contributed by atoms with van der Waals surface area (Å²) in [5.74, 6) is 0.0425. The largest absolute Gasteiger partial charge is 0.497 e. The Kier molecular flexibility index (Phi) is 7.66. The van der Waals surface area contributed by atoms with Crippen molar-refractivity contribution in [3.8, 4) is 5.75 Å². The number of esters is 1. The van der Waals surface area contributed by atoms with Crippen molar-refractivity contribution in [2.75, 3.05) is 19.0 Å². The lowest BCUT2D eigenvalue weighted by atomic mass is 10.1. The summed E-state index contributed by atoms with van der Waals surface area (Å²) in [5, 5.41) is 6.16. The van der Waals surface area contributed by atoms with Crippen LogP contribution in [0.4, 0.5) is 5.69 Å². The van der Waals surface area contributed by atoms with Crippen LogP contribution in [0.15, 0.2) is 36.0 Å². The molecule has 9 heteroatoms. The first-order valence-electron chi connectivity index (χ1n) is 10.0. The molecule has 2 aromatic heterocycles. The van der Waals surface area contributed by atoms with Gasteiger partial charge in [-0.25, -0.2) is 4.79 Å². The summed E-state index contributed by atoms with van der Waals surface area (Å²) >= 11 is 1.47. The topological polar surface area (TPSA) is 105 Å². The number of methoxy groups -OCH3 is 1. The van der Waals surface area contributed by atoms with Gasteiger partial charge in [0.05, 0.1) is 37.9 Å². The molecule has 0 unspecified atom stereocenters. The van der Waals surface area contributed by atoms with E-state index in [0.29, 0.717) is 42.0 Å². The van der Waals surface area contributed by atoms with Gasteiger partial charge in [0.25, 0.3) is 5.91 Å². The van der Waals surface area contributed by atoms with Crippen LogP contribution in [0.5, 0.6) is 5.75 Å². The summed E-state index contributed by atoms with van der Waals surface area (Å²) in [4.78, 5) is 33.7. The van der Waals surface area contributed by atoms with Crippen molar-refractivity contribution < 1.29 is 19.1 Å². The summed E-state index contributed by atoms with van der Waals surface area (Å²) in [6, 6.07) is 7.46. The second kappa shape index (κ2) is 10.6. The standard InChI is InChI=1S/C22H26N4O4S/c1-4-17-19(22(28)30-5-2)18(12-24-14-6-8-15(29-3)9-7-14)26-20(17)21(27)25-11-16-10-23-13-31-16/h6-10,13,24,26H,4-5,11-12H2,1-3H3,(H,25,27). The molecule has 164 valence electrons. The number of hydrogen-bond acceptors (Lipinski definition) is 7. The zero-order valence-corrected chi connectivity index (χ0v) is 18.6. The van der Waals surface area contributed by atoms with Crippen LogP contribution in [-0.2, 0) is 24.2 Å². The first kappa shape index (κ1) is 22.4. The van der Waals surface area contributed by atoms with Crippen LogP contribution in [-0.4, -0.2) is 35.6 Å². The average molecular weight is 443 g/mol. The molecule has 0 saturated carbocycles. The van der Waals surface area contributed by atoms with E-state index in [1.807, 2.05) is 31.2 Å². The number of aromatic amines is 1. The maximum atomic E-state index is 12.9. The maximum Gasteiger partial charge on any atom is 0.340 e. The van der Waals surface area contributed by atoms with Crippen LogP contribution < -0.4 is 15.4 Å². The Morgan fingerprint density at radius 2 is 1.94 bits per heavy atom. The number of benzene rings is 1. The molecule has 0 bridgehead atoms. The van der Waals surface area contributed by atoms with E-state index in [1.165, 1.54) is 11.3 Å². The SMILES string of the molecule is CCOC(=O)c1c(CNc2ccc(OC)cc2)[nH]c(C(=O)NCc2cncs2)c1CC. The highest BCUT2D eigenvalue weighted by Crippen LogP contribution is 2.24. The molecular formula is C22H26N4O4S. The predicted molar refractivity (Wildman–Crippen MR) is 120 cm³/mol. The van der Waals surface area contributed by atoms with Crippen LogP contribution in [0.1, 0.15) is 50.8 Å². The van der Waals surface area contributed by atoms with Crippen LogP contribution >= 0.6 is 11.3 Å². The zero-order chi connectivity index (χ0) is 22.2. The minimum Gasteiger partial charge on any atom is -0.497 e. The van der Waals surface area contributed by atoms with Crippen LogP contribution in [0.3, 0.4) is 0 Å². The molecule has 0 fully saturated rings. The normalized spacial score (nSPS) is 10.5. The van der Waals surface area contributed by atoms with Crippen molar-refractivity contribution in [2.45, 2.75) is 33.4 Å². The lowest BCUT2D eigenvalue weighted by Gasteiger charge is -2.09. The van der Waals surface area contributed by atoms with Gasteiger partial charge in [-0.1, -0.05) is 6.92 Å². The minimum atomic E-state index is -0.441. The Morgan fingerprint density at radius 3 is 2.55 bits per heavy atom. The lowest BCUT2D eigenvalue weighted by Crippen LogP contribution is -2.24. The first-order chi connectivity index (χ1) is 15.1. The third-order valence-corrected chi connectivity index (χ3v) is 5.49. The maximum absolute atomic E-state index is 12.9. The molecular weight excluding hydrogens is 416 g/mol. The molecule has 0 atom stereocenters. The van der Waals surface area contributed by atoms with Crippen molar-refractivity contribution >= 4 is 28.9 Å². The van der Waals surface area contributed by atoms with Gasteiger partial charge in [0.2, 0.25) is 0 Å². The number of ether oxygens (including phenoxy) is 2. The number of nitrogens with zero attached hydrogens (tertiary/aromatic N) is 1. The van der Waals surface area contributed by atoms with Crippen molar-refractivity contribution in [3.05, 3.63) is 63.4 Å². The number of carbonyl (C=O) groups is 2. The second-order valence-corrected chi connectivity index (χ2v) is 7.61. The zero-order valence-electron chi connectivity index (χ0n) is 17.8. The fourth-order valence-electron chi connectivity index (χ4n) is 3.21. The van der Waals surface area contributed by atoms with E-state index in [2.05, 4.69) is 20.6 Å². The van der Waals surface area contributed by atoms with Crippen molar-refractivity contribution in [2.24, 2.45) is 0 Å².